The molecule has 3 N–H and O–H groups in total. The topological polar surface area (TPSA) is 75.7 Å². The molecule has 0 radical (unpaired) electrons. The van der Waals surface area contributed by atoms with Crippen LogP contribution in [0.15, 0.2) is 23.3 Å². The van der Waals surface area contributed by atoms with Crippen molar-refractivity contribution in [3.8, 4) is 0 Å². The number of aromatic carboxylic acids is 1. The van der Waals surface area contributed by atoms with Crippen molar-refractivity contribution < 1.29 is 9.90 Å². The fourth-order valence-corrected chi connectivity index (χ4v) is 1.64. The van der Waals surface area contributed by atoms with Crippen molar-refractivity contribution in [2.45, 2.75) is 0 Å². The molecule has 0 aliphatic heterocycles. The number of carboxylic acids is 1. The van der Waals surface area contributed by atoms with E-state index in [1.165, 1.54) is 12.3 Å². The largest absolute Gasteiger partial charge is 0.478 e. The lowest BCUT2D eigenvalue weighted by Gasteiger charge is -1.99. The second-order valence-corrected chi connectivity index (χ2v) is 3.48. The summed E-state index contributed by atoms with van der Waals surface area (Å²) in [4.78, 5) is 10.6. The Morgan fingerprint density at radius 1 is 1.62 bits per heavy atom. The minimum absolute atomic E-state index is 0.287. The molecule has 1 aromatic rings. The average molecular weight is 290 g/mol. The fourth-order valence-electron chi connectivity index (χ4n) is 0.871. The molecule has 0 fully saturated rings. The highest BCUT2D eigenvalue weighted by atomic mass is 127. The zero-order valence-corrected chi connectivity index (χ0v) is 8.72. The van der Waals surface area contributed by atoms with Crippen LogP contribution in [0.3, 0.4) is 0 Å². The standard InChI is InChI=1S/C8H7IN2O2/c9-7-3-5(4-11-10)1-2-6(7)8(12)13/h1-4H,10H2,(H,12,13). The highest BCUT2D eigenvalue weighted by Crippen LogP contribution is 2.13. The molecule has 68 valence electrons. The molecule has 0 unspecified atom stereocenters. The van der Waals surface area contributed by atoms with E-state index in [1.54, 1.807) is 12.1 Å². The van der Waals surface area contributed by atoms with Gasteiger partial charge in [0.25, 0.3) is 0 Å². The van der Waals surface area contributed by atoms with Gasteiger partial charge in [0.15, 0.2) is 0 Å². The molecule has 1 rings (SSSR count). The van der Waals surface area contributed by atoms with Gasteiger partial charge >= 0.3 is 5.97 Å². The molecule has 0 aromatic heterocycles. The Kier molecular flexibility index (Phi) is 3.24. The molecule has 0 saturated carbocycles. The predicted octanol–water partition coefficient (Wildman–Crippen LogP) is 1.28. The molecule has 0 bridgehead atoms. The summed E-state index contributed by atoms with van der Waals surface area (Å²) >= 11 is 1.96. The Bertz CT molecular complexity index is 363. The first-order valence-electron chi connectivity index (χ1n) is 3.41. The molecular weight excluding hydrogens is 283 g/mol. The third kappa shape index (κ3) is 2.41. The third-order valence-corrected chi connectivity index (χ3v) is 2.34. The normalized spacial score (nSPS) is 10.5. The van der Waals surface area contributed by atoms with Crippen molar-refractivity contribution in [1.29, 1.82) is 0 Å². The first-order chi connectivity index (χ1) is 6.15. The van der Waals surface area contributed by atoms with E-state index in [0.717, 1.165) is 5.56 Å². The Labute approximate surface area is 88.6 Å². The summed E-state index contributed by atoms with van der Waals surface area (Å²) in [5.41, 5.74) is 1.08. The molecule has 0 spiro atoms. The summed E-state index contributed by atoms with van der Waals surface area (Å²) in [6.45, 7) is 0. The molecule has 0 aliphatic carbocycles. The van der Waals surface area contributed by atoms with Crippen molar-refractivity contribution in [1.82, 2.24) is 0 Å². The second kappa shape index (κ2) is 4.22. The van der Waals surface area contributed by atoms with Crippen LogP contribution in [0.25, 0.3) is 0 Å². The van der Waals surface area contributed by atoms with E-state index in [1.807, 2.05) is 22.6 Å². The molecule has 0 saturated heterocycles. The minimum atomic E-state index is -0.930. The Morgan fingerprint density at radius 2 is 2.31 bits per heavy atom. The average Bonchev–Trinajstić information content (AvgIpc) is 2.04. The quantitative estimate of drug-likeness (QED) is 0.373. The fraction of sp³-hybridized carbons (Fsp3) is 0. The second-order valence-electron chi connectivity index (χ2n) is 2.32. The van der Waals surface area contributed by atoms with E-state index in [4.69, 9.17) is 10.9 Å². The van der Waals surface area contributed by atoms with Crippen molar-refractivity contribution in [2.75, 3.05) is 0 Å². The maximum atomic E-state index is 10.6. The number of nitrogens with zero attached hydrogens (tertiary/aromatic N) is 1. The monoisotopic (exact) mass is 290 g/mol. The number of hydrazone groups is 1. The van der Waals surface area contributed by atoms with Gasteiger partial charge in [0.2, 0.25) is 0 Å². The van der Waals surface area contributed by atoms with Crippen molar-refractivity contribution in [2.24, 2.45) is 10.9 Å². The minimum Gasteiger partial charge on any atom is -0.478 e. The number of nitrogens with two attached hydrogens (primary N) is 1. The SMILES string of the molecule is NN=Cc1ccc(C(=O)O)c(I)c1. The molecule has 5 heteroatoms. The summed E-state index contributed by atoms with van der Waals surface area (Å²) < 4.78 is 0.669. The van der Waals surface area contributed by atoms with Gasteiger partial charge in [0.05, 0.1) is 11.8 Å². The van der Waals surface area contributed by atoms with Crippen LogP contribution in [0.1, 0.15) is 15.9 Å². The highest BCUT2D eigenvalue weighted by Gasteiger charge is 2.07. The zero-order chi connectivity index (χ0) is 9.84. The smallest absolute Gasteiger partial charge is 0.336 e. The van der Waals surface area contributed by atoms with E-state index in [-0.39, 0.29) is 5.56 Å². The van der Waals surface area contributed by atoms with Crippen LogP contribution in [0.4, 0.5) is 0 Å². The van der Waals surface area contributed by atoms with Gasteiger partial charge < -0.3 is 10.9 Å². The number of benzene rings is 1. The Hall–Kier alpha value is -1.11. The Morgan fingerprint density at radius 3 is 2.77 bits per heavy atom. The van der Waals surface area contributed by atoms with Crippen LogP contribution in [0.5, 0.6) is 0 Å². The lowest BCUT2D eigenvalue weighted by atomic mass is 10.1. The first-order valence-corrected chi connectivity index (χ1v) is 4.49. The van der Waals surface area contributed by atoms with E-state index >= 15 is 0 Å². The predicted molar refractivity (Wildman–Crippen MR) is 57.9 cm³/mol. The van der Waals surface area contributed by atoms with Crippen molar-refractivity contribution >= 4 is 34.8 Å². The third-order valence-electron chi connectivity index (χ3n) is 1.45. The van der Waals surface area contributed by atoms with Gasteiger partial charge in [-0.2, -0.15) is 5.10 Å². The Balaban J connectivity index is 3.12. The van der Waals surface area contributed by atoms with Gasteiger partial charge in [-0.05, 0) is 40.3 Å². The van der Waals surface area contributed by atoms with Crippen molar-refractivity contribution in [3.63, 3.8) is 0 Å². The number of halogens is 1. The van der Waals surface area contributed by atoms with Gasteiger partial charge in [-0.25, -0.2) is 4.79 Å². The van der Waals surface area contributed by atoms with Crippen LogP contribution in [-0.4, -0.2) is 17.3 Å². The summed E-state index contributed by atoms with van der Waals surface area (Å²) in [5.74, 6) is 4.03. The lowest BCUT2D eigenvalue weighted by molar-refractivity contribution is 0.0696. The van der Waals surface area contributed by atoms with Gasteiger partial charge in [-0.15, -0.1) is 0 Å². The maximum Gasteiger partial charge on any atom is 0.336 e. The number of hydrogen-bond donors (Lipinski definition) is 2. The van der Waals surface area contributed by atoms with Crippen LogP contribution in [0.2, 0.25) is 0 Å². The van der Waals surface area contributed by atoms with E-state index in [9.17, 15) is 4.79 Å². The molecule has 4 nitrogen and oxygen atoms in total. The molecule has 0 atom stereocenters. The molecule has 0 amide bonds. The summed E-state index contributed by atoms with van der Waals surface area (Å²) in [7, 11) is 0. The molecule has 13 heavy (non-hydrogen) atoms. The van der Waals surface area contributed by atoms with Crippen LogP contribution >= 0.6 is 22.6 Å². The highest BCUT2D eigenvalue weighted by molar-refractivity contribution is 14.1. The number of carbonyl (C=O) groups is 1. The maximum absolute atomic E-state index is 10.6. The van der Waals surface area contributed by atoms with Gasteiger partial charge in [-0.1, -0.05) is 6.07 Å². The zero-order valence-electron chi connectivity index (χ0n) is 6.57. The molecular formula is C8H7IN2O2. The van der Waals surface area contributed by atoms with E-state index < -0.39 is 5.97 Å². The summed E-state index contributed by atoms with van der Waals surface area (Å²) in [6, 6.07) is 4.89. The van der Waals surface area contributed by atoms with Crippen LogP contribution in [-0.2, 0) is 0 Å². The number of rotatable bonds is 2. The van der Waals surface area contributed by atoms with Crippen LogP contribution in [0, 0.1) is 3.57 Å². The first kappa shape index (κ1) is 9.97. The van der Waals surface area contributed by atoms with Gasteiger partial charge in [0.1, 0.15) is 0 Å². The molecule has 0 aliphatic rings. The van der Waals surface area contributed by atoms with Crippen molar-refractivity contribution in [3.05, 3.63) is 32.9 Å². The molecule has 0 heterocycles. The van der Waals surface area contributed by atoms with E-state index in [2.05, 4.69) is 5.10 Å². The summed E-state index contributed by atoms with van der Waals surface area (Å²) in [5, 5.41) is 12.1. The summed E-state index contributed by atoms with van der Waals surface area (Å²) in [6.07, 6.45) is 1.47. The number of carboxylic acid groups (broad SMARTS) is 1. The number of hydrogen-bond acceptors (Lipinski definition) is 3. The van der Waals surface area contributed by atoms with Crippen LogP contribution < -0.4 is 5.84 Å². The molecule has 1 aromatic carbocycles. The van der Waals surface area contributed by atoms with E-state index in [0.29, 0.717) is 3.57 Å². The lowest BCUT2D eigenvalue weighted by Crippen LogP contribution is -2.00. The van der Waals surface area contributed by atoms with Gasteiger partial charge in [-0.3, -0.25) is 0 Å². The van der Waals surface area contributed by atoms with Gasteiger partial charge in [0, 0.05) is 3.57 Å².